The fraction of sp³-hybridized carbons (Fsp3) is 0.0588. The van der Waals surface area contributed by atoms with Crippen LogP contribution in [0, 0.1) is 0 Å². The lowest BCUT2D eigenvalue weighted by Gasteiger charge is -2.22. The Balaban J connectivity index is 1.83. The summed E-state index contributed by atoms with van der Waals surface area (Å²) < 4.78 is 11.7. The zero-order valence-electron chi connectivity index (χ0n) is 12.2. The number of aromatic nitrogens is 2. The highest BCUT2D eigenvalue weighted by Gasteiger charge is 2.29. The van der Waals surface area contributed by atoms with Crippen molar-refractivity contribution in [3.8, 4) is 11.5 Å². The number of aliphatic hydroxyl groups is 1. The molecule has 0 aliphatic carbocycles. The lowest BCUT2D eigenvalue weighted by Crippen LogP contribution is -2.08. The van der Waals surface area contributed by atoms with Crippen molar-refractivity contribution in [1.82, 2.24) is 9.97 Å². The molecule has 0 radical (unpaired) electrons. The molecule has 0 aliphatic rings. The summed E-state index contributed by atoms with van der Waals surface area (Å²) in [4.78, 5) is 8.16. The number of hydrogen-bond donors (Lipinski definition) is 1. The third kappa shape index (κ3) is 4.25. The predicted molar refractivity (Wildman–Crippen MR) is 88.1 cm³/mol. The number of nitrogens with zero attached hydrogens (tertiary/aromatic N) is 2. The molecule has 1 unspecified atom stereocenters. The lowest BCUT2D eigenvalue weighted by atomic mass is 10.3. The molecule has 1 heterocycles. The van der Waals surface area contributed by atoms with Gasteiger partial charge in [0.2, 0.25) is 5.85 Å². The SMILES string of the molecule is OC(c1ncccn1)P(Oc1ccccc1)Oc1ccccc1. The number of hydrogen-bond acceptors (Lipinski definition) is 5. The Labute approximate surface area is 135 Å². The first-order valence-electron chi connectivity index (χ1n) is 7.03. The smallest absolute Gasteiger partial charge is 0.329 e. The van der Waals surface area contributed by atoms with Crippen molar-refractivity contribution in [2.45, 2.75) is 5.85 Å². The van der Waals surface area contributed by atoms with E-state index in [9.17, 15) is 5.11 Å². The molecule has 3 aromatic rings. The summed E-state index contributed by atoms with van der Waals surface area (Å²) in [6.07, 6.45) is 3.15. The van der Waals surface area contributed by atoms with Crippen molar-refractivity contribution >= 4 is 8.38 Å². The Morgan fingerprint density at radius 1 is 0.739 bits per heavy atom. The Hall–Kier alpha value is -2.49. The van der Waals surface area contributed by atoms with Crippen molar-refractivity contribution in [3.63, 3.8) is 0 Å². The van der Waals surface area contributed by atoms with Gasteiger partial charge in [-0.3, -0.25) is 0 Å². The lowest BCUT2D eigenvalue weighted by molar-refractivity contribution is 0.227. The van der Waals surface area contributed by atoms with Gasteiger partial charge in [-0.25, -0.2) is 9.97 Å². The normalized spacial score (nSPS) is 11.9. The van der Waals surface area contributed by atoms with Crippen molar-refractivity contribution < 1.29 is 14.2 Å². The van der Waals surface area contributed by atoms with Crippen molar-refractivity contribution in [2.75, 3.05) is 0 Å². The number of para-hydroxylation sites is 2. The van der Waals surface area contributed by atoms with Crippen LogP contribution in [-0.2, 0) is 0 Å². The molecule has 0 aliphatic heterocycles. The first kappa shape index (κ1) is 15.4. The molecule has 5 nitrogen and oxygen atoms in total. The van der Waals surface area contributed by atoms with Gasteiger partial charge in [0.15, 0.2) is 5.82 Å². The van der Waals surface area contributed by atoms with Gasteiger partial charge in [0.05, 0.1) is 0 Å². The summed E-state index contributed by atoms with van der Waals surface area (Å²) in [5, 5.41) is 10.6. The van der Waals surface area contributed by atoms with E-state index in [-0.39, 0.29) is 5.82 Å². The average Bonchev–Trinajstić information content (AvgIpc) is 2.63. The first-order chi connectivity index (χ1) is 11.3. The molecular formula is C17H15N2O3P. The summed E-state index contributed by atoms with van der Waals surface area (Å²) in [7, 11) is -1.72. The molecule has 2 aromatic carbocycles. The van der Waals surface area contributed by atoms with E-state index in [2.05, 4.69) is 9.97 Å². The zero-order chi connectivity index (χ0) is 15.9. The Kier molecular flexibility index (Phi) is 5.14. The minimum Gasteiger partial charge on any atom is -0.437 e. The van der Waals surface area contributed by atoms with Crippen LogP contribution in [-0.4, -0.2) is 15.1 Å². The molecule has 0 saturated carbocycles. The maximum absolute atomic E-state index is 10.6. The molecule has 1 N–H and O–H groups in total. The van der Waals surface area contributed by atoms with E-state index < -0.39 is 14.2 Å². The van der Waals surface area contributed by atoms with Crippen molar-refractivity contribution in [2.24, 2.45) is 0 Å². The molecule has 0 amide bonds. The maximum Gasteiger partial charge on any atom is 0.329 e. The topological polar surface area (TPSA) is 64.5 Å². The third-order valence-corrected chi connectivity index (χ3v) is 4.31. The molecule has 0 bridgehead atoms. The molecule has 23 heavy (non-hydrogen) atoms. The van der Waals surface area contributed by atoms with E-state index in [4.69, 9.17) is 9.05 Å². The van der Waals surface area contributed by atoms with E-state index in [0.29, 0.717) is 11.5 Å². The number of benzene rings is 2. The van der Waals surface area contributed by atoms with Crippen LogP contribution in [0.25, 0.3) is 0 Å². The van der Waals surface area contributed by atoms with E-state index in [1.54, 1.807) is 18.5 Å². The molecule has 116 valence electrons. The van der Waals surface area contributed by atoms with Gasteiger partial charge in [0, 0.05) is 12.4 Å². The van der Waals surface area contributed by atoms with Gasteiger partial charge in [-0.05, 0) is 30.3 Å². The first-order valence-corrected chi connectivity index (χ1v) is 8.28. The highest BCUT2D eigenvalue weighted by Crippen LogP contribution is 2.50. The van der Waals surface area contributed by atoms with E-state index in [1.807, 2.05) is 60.7 Å². The van der Waals surface area contributed by atoms with Crippen molar-refractivity contribution in [3.05, 3.63) is 84.9 Å². The van der Waals surface area contributed by atoms with Gasteiger partial charge < -0.3 is 14.2 Å². The molecular weight excluding hydrogens is 311 g/mol. The second-order valence-electron chi connectivity index (χ2n) is 4.57. The van der Waals surface area contributed by atoms with Gasteiger partial charge in [-0.1, -0.05) is 36.4 Å². The van der Waals surface area contributed by atoms with Crippen LogP contribution in [0.5, 0.6) is 11.5 Å². The summed E-state index contributed by atoms with van der Waals surface area (Å²) >= 11 is 0. The largest absolute Gasteiger partial charge is 0.437 e. The summed E-state index contributed by atoms with van der Waals surface area (Å²) in [6.45, 7) is 0. The van der Waals surface area contributed by atoms with E-state index >= 15 is 0 Å². The molecule has 0 fully saturated rings. The van der Waals surface area contributed by atoms with E-state index in [1.165, 1.54) is 0 Å². The second-order valence-corrected chi connectivity index (χ2v) is 6.00. The standard InChI is InChI=1S/C17H15N2O3P/c20-17(16-18-12-7-13-19-16)23(21-14-8-3-1-4-9-14)22-15-10-5-2-6-11-15/h1-13,17,20H. The predicted octanol–water partition coefficient (Wildman–Crippen LogP) is 3.94. The molecule has 1 atom stereocenters. The van der Waals surface area contributed by atoms with Crippen LogP contribution in [0.1, 0.15) is 11.7 Å². The summed E-state index contributed by atoms with van der Waals surface area (Å²) in [5.74, 6) is 0.436. The Bertz CT molecular complexity index is 672. The van der Waals surface area contributed by atoms with Crippen LogP contribution in [0.4, 0.5) is 0 Å². The van der Waals surface area contributed by atoms with Crippen LogP contribution in [0.3, 0.4) is 0 Å². The molecule has 3 rings (SSSR count). The fourth-order valence-corrected chi connectivity index (χ4v) is 3.05. The van der Waals surface area contributed by atoms with Gasteiger partial charge in [-0.15, -0.1) is 0 Å². The average molecular weight is 326 g/mol. The summed E-state index contributed by atoms with van der Waals surface area (Å²) in [6, 6.07) is 20.1. The van der Waals surface area contributed by atoms with Gasteiger partial charge in [-0.2, -0.15) is 0 Å². The zero-order valence-corrected chi connectivity index (χ0v) is 13.1. The van der Waals surface area contributed by atoms with Gasteiger partial charge >= 0.3 is 8.38 Å². The van der Waals surface area contributed by atoms with Crippen LogP contribution in [0.2, 0.25) is 0 Å². The Morgan fingerprint density at radius 3 is 1.70 bits per heavy atom. The molecule has 6 heteroatoms. The van der Waals surface area contributed by atoms with Crippen molar-refractivity contribution in [1.29, 1.82) is 0 Å². The van der Waals surface area contributed by atoms with Crippen LogP contribution in [0.15, 0.2) is 79.1 Å². The molecule has 0 spiro atoms. The maximum atomic E-state index is 10.6. The number of aliphatic hydroxyl groups excluding tert-OH is 1. The number of rotatable bonds is 6. The summed E-state index contributed by atoms with van der Waals surface area (Å²) in [5.41, 5.74) is 0. The van der Waals surface area contributed by atoms with E-state index in [0.717, 1.165) is 0 Å². The molecule has 0 saturated heterocycles. The third-order valence-electron chi connectivity index (χ3n) is 2.89. The molecule has 1 aromatic heterocycles. The quantitative estimate of drug-likeness (QED) is 0.695. The highest BCUT2D eigenvalue weighted by atomic mass is 31.2. The van der Waals surface area contributed by atoms with Crippen LogP contribution >= 0.6 is 8.38 Å². The second kappa shape index (κ2) is 7.68. The minimum atomic E-state index is -1.72. The fourth-order valence-electron chi connectivity index (χ4n) is 1.83. The van der Waals surface area contributed by atoms with Gasteiger partial charge in [0.1, 0.15) is 11.5 Å². The minimum absolute atomic E-state index is 0.269. The monoisotopic (exact) mass is 326 g/mol. The van der Waals surface area contributed by atoms with Crippen LogP contribution < -0.4 is 9.05 Å². The highest BCUT2D eigenvalue weighted by molar-refractivity contribution is 7.48. The van der Waals surface area contributed by atoms with Gasteiger partial charge in [0.25, 0.3) is 0 Å². The Morgan fingerprint density at radius 2 is 1.22 bits per heavy atom.